The molecule has 2 aromatic rings. The summed E-state index contributed by atoms with van der Waals surface area (Å²) >= 11 is 5.92. The number of unbranched alkanes of at least 4 members (excludes halogenated alkanes) is 1. The molecule has 0 unspecified atom stereocenters. The number of nitrogens with zero attached hydrogens (tertiary/aromatic N) is 1. The van der Waals surface area contributed by atoms with Crippen molar-refractivity contribution in [2.75, 3.05) is 0 Å². The van der Waals surface area contributed by atoms with Crippen LogP contribution in [0.1, 0.15) is 47.6 Å². The Balaban J connectivity index is 2.16. The van der Waals surface area contributed by atoms with E-state index in [-0.39, 0.29) is 5.56 Å². The Kier molecular flexibility index (Phi) is 8.05. The van der Waals surface area contributed by atoms with Crippen LogP contribution in [0.2, 0.25) is 0 Å². The summed E-state index contributed by atoms with van der Waals surface area (Å²) in [7, 11) is 0. The summed E-state index contributed by atoms with van der Waals surface area (Å²) in [6.45, 7) is 5.71. The average Bonchev–Trinajstić information content (AvgIpc) is 3.33. The average molecular weight is 487 g/mol. The second-order valence-electron chi connectivity index (χ2n) is 7.29. The van der Waals surface area contributed by atoms with Crippen molar-refractivity contribution in [3.05, 3.63) is 94.1 Å². The van der Waals surface area contributed by atoms with Gasteiger partial charge in [0.2, 0.25) is 0 Å². The minimum absolute atomic E-state index is 0.237. The molecule has 0 spiro atoms. The first kappa shape index (κ1) is 25.0. The highest BCUT2D eigenvalue weighted by Crippen LogP contribution is 2.34. The summed E-state index contributed by atoms with van der Waals surface area (Å²) in [4.78, 5) is 0. The van der Waals surface area contributed by atoms with E-state index in [1.165, 1.54) is 6.07 Å². The molecular weight excluding hydrogens is 465 g/mol. The summed E-state index contributed by atoms with van der Waals surface area (Å²) in [5.41, 5.74) is 9.62. The van der Waals surface area contributed by atoms with Gasteiger partial charge in [-0.05, 0) is 60.0 Å². The lowest BCUT2D eigenvalue weighted by Crippen LogP contribution is -2.35. The van der Waals surface area contributed by atoms with Crippen molar-refractivity contribution in [1.29, 1.82) is 0 Å². The van der Waals surface area contributed by atoms with E-state index in [0.717, 1.165) is 30.0 Å². The molecular formula is C25H22ClF3N4O. The molecule has 176 valence electrons. The number of allylic oxidation sites excluding steroid dienone is 5. The molecule has 0 radical (unpaired) electrons. The van der Waals surface area contributed by atoms with Crippen LogP contribution in [-0.2, 0) is 6.18 Å². The van der Waals surface area contributed by atoms with Crippen LogP contribution in [0.15, 0.2) is 71.3 Å². The fraction of sp³-hybridized carbons (Fsp3) is 0.160. The predicted molar refractivity (Wildman–Crippen MR) is 128 cm³/mol. The summed E-state index contributed by atoms with van der Waals surface area (Å²) in [5, 5.41) is 13.9. The first-order valence-electron chi connectivity index (χ1n) is 10.3. The molecule has 34 heavy (non-hydrogen) atoms. The van der Waals surface area contributed by atoms with Gasteiger partial charge in [-0.1, -0.05) is 55.5 Å². The molecule has 0 bridgehead atoms. The molecule has 0 fully saturated rings. The SMILES string of the molecule is C=C(Cl)/C=C\C(=C/CCC)c1cc(C2=NNNN2)ccc1C#Cc1ccc(O)cc1C(F)(F)F. The number of alkyl halides is 3. The van der Waals surface area contributed by atoms with Crippen molar-refractivity contribution < 1.29 is 18.3 Å². The lowest BCUT2D eigenvalue weighted by molar-refractivity contribution is -0.137. The number of hydrazone groups is 1. The van der Waals surface area contributed by atoms with Gasteiger partial charge >= 0.3 is 6.18 Å². The van der Waals surface area contributed by atoms with E-state index in [1.54, 1.807) is 24.3 Å². The molecule has 1 aliphatic rings. The molecule has 0 aliphatic carbocycles. The van der Waals surface area contributed by atoms with Gasteiger partial charge in [-0.15, -0.1) is 10.6 Å². The van der Waals surface area contributed by atoms with Gasteiger partial charge in [0.25, 0.3) is 0 Å². The third-order valence-electron chi connectivity index (χ3n) is 4.75. The molecule has 1 heterocycles. The summed E-state index contributed by atoms with van der Waals surface area (Å²) < 4.78 is 40.4. The van der Waals surface area contributed by atoms with E-state index in [1.807, 2.05) is 19.1 Å². The Hall–Kier alpha value is -3.67. The topological polar surface area (TPSA) is 68.7 Å². The van der Waals surface area contributed by atoms with Gasteiger partial charge in [-0.2, -0.15) is 13.2 Å². The Morgan fingerprint density at radius 3 is 2.53 bits per heavy atom. The number of aromatic hydroxyl groups is 1. The number of phenols is 1. The maximum Gasteiger partial charge on any atom is 0.417 e. The first-order valence-corrected chi connectivity index (χ1v) is 10.7. The van der Waals surface area contributed by atoms with E-state index >= 15 is 0 Å². The Morgan fingerprint density at radius 1 is 1.15 bits per heavy atom. The summed E-state index contributed by atoms with van der Waals surface area (Å²) in [6.07, 6.45) is 2.44. The highest BCUT2D eigenvalue weighted by Gasteiger charge is 2.33. The molecule has 0 aromatic heterocycles. The van der Waals surface area contributed by atoms with Crippen LogP contribution in [0, 0.1) is 11.8 Å². The van der Waals surface area contributed by atoms with Crippen LogP contribution >= 0.6 is 11.6 Å². The molecule has 9 heteroatoms. The molecule has 0 atom stereocenters. The smallest absolute Gasteiger partial charge is 0.417 e. The van der Waals surface area contributed by atoms with Crippen LogP contribution in [0.5, 0.6) is 5.75 Å². The number of hydrazine groups is 2. The number of benzene rings is 2. The summed E-state index contributed by atoms with van der Waals surface area (Å²) in [5.74, 6) is 5.55. The van der Waals surface area contributed by atoms with E-state index in [0.29, 0.717) is 28.1 Å². The largest absolute Gasteiger partial charge is 0.508 e. The minimum atomic E-state index is -4.66. The predicted octanol–water partition coefficient (Wildman–Crippen LogP) is 5.58. The van der Waals surface area contributed by atoms with Gasteiger partial charge in [-0.25, -0.2) is 5.53 Å². The maximum atomic E-state index is 13.5. The molecule has 0 saturated heterocycles. The van der Waals surface area contributed by atoms with Gasteiger partial charge in [0.05, 0.1) is 5.56 Å². The molecule has 5 nitrogen and oxygen atoms in total. The zero-order chi connectivity index (χ0) is 24.7. The van der Waals surface area contributed by atoms with E-state index in [9.17, 15) is 18.3 Å². The number of amidine groups is 1. The normalized spacial score (nSPS) is 13.7. The number of hydrogen-bond donors (Lipinski definition) is 4. The fourth-order valence-electron chi connectivity index (χ4n) is 3.13. The van der Waals surface area contributed by atoms with E-state index in [2.05, 4.69) is 40.0 Å². The zero-order valence-corrected chi connectivity index (χ0v) is 19.0. The van der Waals surface area contributed by atoms with Crippen molar-refractivity contribution in [2.24, 2.45) is 5.10 Å². The zero-order valence-electron chi connectivity index (χ0n) is 18.2. The monoisotopic (exact) mass is 486 g/mol. The number of rotatable bonds is 6. The lowest BCUT2D eigenvalue weighted by Gasteiger charge is -2.11. The maximum absolute atomic E-state index is 13.5. The standard InChI is InChI=1S/C25H22ClF3N4O/c1-3-4-5-17(7-6-16(2)26)22-14-20(24-30-32-33-31-24)11-9-18(22)8-10-19-12-13-21(34)15-23(19)25(27,28)29/h5-7,9,11-15,32-34H,2-4H2,1H3,(H,30,31)/b7-6-,17-5+. The number of phenolic OH excluding ortho intramolecular Hbond substituents is 1. The second kappa shape index (κ2) is 11.0. The van der Waals surface area contributed by atoms with Gasteiger partial charge in [0.15, 0.2) is 5.84 Å². The number of hydrogen-bond acceptors (Lipinski definition) is 5. The Bertz CT molecular complexity index is 1240. The van der Waals surface area contributed by atoms with Crippen molar-refractivity contribution in [2.45, 2.75) is 25.9 Å². The van der Waals surface area contributed by atoms with Gasteiger partial charge < -0.3 is 5.11 Å². The molecule has 4 N–H and O–H groups in total. The minimum Gasteiger partial charge on any atom is -0.508 e. The number of halogens is 4. The van der Waals surface area contributed by atoms with Crippen molar-refractivity contribution in [3.8, 4) is 17.6 Å². The van der Waals surface area contributed by atoms with Gasteiger partial charge in [-0.3, -0.25) is 5.43 Å². The van der Waals surface area contributed by atoms with Crippen molar-refractivity contribution in [1.82, 2.24) is 16.5 Å². The lowest BCUT2D eigenvalue weighted by atomic mass is 9.95. The van der Waals surface area contributed by atoms with Gasteiger partial charge in [0.1, 0.15) is 5.75 Å². The third kappa shape index (κ3) is 6.44. The van der Waals surface area contributed by atoms with Crippen LogP contribution in [-0.4, -0.2) is 10.9 Å². The van der Waals surface area contributed by atoms with Crippen LogP contribution in [0.25, 0.3) is 5.57 Å². The van der Waals surface area contributed by atoms with Crippen molar-refractivity contribution in [3.63, 3.8) is 0 Å². The summed E-state index contributed by atoms with van der Waals surface area (Å²) in [6, 6.07) is 8.32. The number of nitrogens with one attached hydrogen (secondary N) is 3. The van der Waals surface area contributed by atoms with Crippen LogP contribution < -0.4 is 16.5 Å². The third-order valence-corrected chi connectivity index (χ3v) is 4.87. The second-order valence-corrected chi connectivity index (χ2v) is 7.77. The van der Waals surface area contributed by atoms with E-state index in [4.69, 9.17) is 11.6 Å². The van der Waals surface area contributed by atoms with Crippen LogP contribution in [0.3, 0.4) is 0 Å². The molecule has 1 aliphatic heterocycles. The van der Waals surface area contributed by atoms with Crippen LogP contribution in [0.4, 0.5) is 13.2 Å². The Morgan fingerprint density at radius 2 is 1.88 bits per heavy atom. The Labute approximate surface area is 200 Å². The van der Waals surface area contributed by atoms with Crippen molar-refractivity contribution >= 4 is 23.0 Å². The van der Waals surface area contributed by atoms with E-state index < -0.39 is 17.5 Å². The highest BCUT2D eigenvalue weighted by atomic mass is 35.5. The first-order chi connectivity index (χ1) is 16.2. The highest BCUT2D eigenvalue weighted by molar-refractivity contribution is 6.30. The molecule has 2 aromatic carbocycles. The van der Waals surface area contributed by atoms with Gasteiger partial charge in [0, 0.05) is 21.7 Å². The fourth-order valence-corrected chi connectivity index (χ4v) is 3.20. The quantitative estimate of drug-likeness (QED) is 0.318. The molecule has 0 saturated carbocycles. The molecule has 0 amide bonds. The molecule has 3 rings (SSSR count).